The molecule has 3 aromatic rings. The molecule has 0 N–H and O–H groups in total. The Morgan fingerprint density at radius 2 is 1.00 bits per heavy atom. The Kier molecular flexibility index (Phi) is 6.93. The number of ether oxygens (including phenoxy) is 3. The molecule has 0 fully saturated rings. The van der Waals surface area contributed by atoms with Crippen molar-refractivity contribution in [1.82, 2.24) is 0 Å². The normalized spacial score (nSPS) is 16.9. The average molecular weight is 456 g/mol. The lowest BCUT2D eigenvalue weighted by Crippen LogP contribution is -2.38. The highest BCUT2D eigenvalue weighted by Crippen LogP contribution is 2.26. The lowest BCUT2D eigenvalue weighted by Gasteiger charge is -2.22. The molecule has 34 heavy (non-hydrogen) atoms. The van der Waals surface area contributed by atoms with E-state index in [0.29, 0.717) is 5.56 Å². The minimum Gasteiger partial charge on any atom is -0.457 e. The SMILES string of the molecule is O=C(OCC1=CC(=O)C(OC(=O)c2ccccc2)[C@@H]1OC(=O)c1ccccc1)c1ccccc1. The van der Waals surface area contributed by atoms with Gasteiger partial charge in [-0.15, -0.1) is 0 Å². The maximum Gasteiger partial charge on any atom is 0.339 e. The highest BCUT2D eigenvalue weighted by Gasteiger charge is 2.42. The number of carbonyl (C=O) groups is 4. The molecule has 1 aliphatic rings. The largest absolute Gasteiger partial charge is 0.457 e. The van der Waals surface area contributed by atoms with Crippen LogP contribution in [0.1, 0.15) is 31.1 Å². The van der Waals surface area contributed by atoms with E-state index in [4.69, 9.17) is 14.2 Å². The minimum atomic E-state index is -1.40. The summed E-state index contributed by atoms with van der Waals surface area (Å²) in [6.07, 6.45) is -1.45. The van der Waals surface area contributed by atoms with Gasteiger partial charge < -0.3 is 14.2 Å². The Hall–Kier alpha value is -4.52. The van der Waals surface area contributed by atoms with Gasteiger partial charge in [-0.2, -0.15) is 0 Å². The van der Waals surface area contributed by atoms with E-state index in [2.05, 4.69) is 0 Å². The van der Waals surface area contributed by atoms with Crippen LogP contribution in [0, 0.1) is 0 Å². The summed E-state index contributed by atoms with van der Waals surface area (Å²) in [5.41, 5.74) is 1.05. The van der Waals surface area contributed by atoms with Crippen LogP contribution >= 0.6 is 0 Å². The average Bonchev–Trinajstić information content (AvgIpc) is 3.17. The third-order valence-electron chi connectivity index (χ3n) is 5.11. The lowest BCUT2D eigenvalue weighted by atomic mass is 10.1. The van der Waals surface area contributed by atoms with Gasteiger partial charge in [-0.05, 0) is 42.5 Å². The number of hydrogen-bond acceptors (Lipinski definition) is 7. The Morgan fingerprint density at radius 1 is 0.588 bits per heavy atom. The standard InChI is InChI=1S/C27H20O7/c28-22-16-21(17-32-25(29)18-10-4-1-5-11-18)23(33-26(30)19-12-6-2-7-13-19)24(22)34-27(31)20-14-8-3-9-15-20/h1-16,23-24H,17H2/t23-,24?/m1/s1. The second-order valence-electron chi connectivity index (χ2n) is 7.45. The fourth-order valence-electron chi connectivity index (χ4n) is 3.39. The van der Waals surface area contributed by atoms with Gasteiger partial charge >= 0.3 is 17.9 Å². The molecule has 0 spiro atoms. The van der Waals surface area contributed by atoms with Crippen molar-refractivity contribution in [3.63, 3.8) is 0 Å². The smallest absolute Gasteiger partial charge is 0.339 e. The highest BCUT2D eigenvalue weighted by atomic mass is 16.6. The predicted molar refractivity (Wildman–Crippen MR) is 121 cm³/mol. The van der Waals surface area contributed by atoms with Gasteiger partial charge in [0.15, 0.2) is 6.10 Å². The van der Waals surface area contributed by atoms with Crippen molar-refractivity contribution >= 4 is 23.7 Å². The Balaban J connectivity index is 1.53. The fraction of sp³-hybridized carbons (Fsp3) is 0.111. The van der Waals surface area contributed by atoms with Crippen molar-refractivity contribution in [2.45, 2.75) is 12.2 Å². The summed E-state index contributed by atoms with van der Waals surface area (Å²) in [5.74, 6) is -2.62. The molecule has 3 aromatic carbocycles. The molecular weight excluding hydrogens is 436 g/mol. The summed E-state index contributed by atoms with van der Waals surface area (Å²) in [6, 6.07) is 24.7. The maximum absolute atomic E-state index is 12.7. The molecule has 0 bridgehead atoms. The van der Waals surface area contributed by atoms with E-state index in [0.717, 1.165) is 0 Å². The summed E-state index contributed by atoms with van der Waals surface area (Å²) >= 11 is 0. The van der Waals surface area contributed by atoms with Crippen LogP contribution in [0.15, 0.2) is 103 Å². The van der Waals surface area contributed by atoms with Gasteiger partial charge in [-0.25, -0.2) is 14.4 Å². The van der Waals surface area contributed by atoms with Crippen LogP contribution in [-0.2, 0) is 19.0 Å². The molecule has 7 nitrogen and oxygen atoms in total. The molecule has 0 amide bonds. The van der Waals surface area contributed by atoms with Gasteiger partial charge in [-0.1, -0.05) is 54.6 Å². The van der Waals surface area contributed by atoms with Crippen LogP contribution < -0.4 is 0 Å². The van der Waals surface area contributed by atoms with Crippen molar-refractivity contribution in [2.24, 2.45) is 0 Å². The molecule has 0 heterocycles. The number of hydrogen-bond donors (Lipinski definition) is 0. The molecule has 0 aromatic heterocycles. The lowest BCUT2D eigenvalue weighted by molar-refractivity contribution is -0.125. The zero-order valence-corrected chi connectivity index (χ0v) is 18.0. The zero-order chi connectivity index (χ0) is 23.9. The van der Waals surface area contributed by atoms with E-state index in [1.165, 1.54) is 6.08 Å². The molecule has 2 atom stereocenters. The van der Waals surface area contributed by atoms with Crippen molar-refractivity contribution in [2.75, 3.05) is 6.61 Å². The third-order valence-corrected chi connectivity index (χ3v) is 5.11. The van der Waals surface area contributed by atoms with E-state index in [1.54, 1.807) is 91.0 Å². The number of ketones is 1. The zero-order valence-electron chi connectivity index (χ0n) is 18.0. The van der Waals surface area contributed by atoms with Crippen molar-refractivity contribution in [3.8, 4) is 0 Å². The summed E-state index contributed by atoms with van der Waals surface area (Å²) < 4.78 is 16.3. The van der Waals surface area contributed by atoms with Crippen LogP contribution in [0.3, 0.4) is 0 Å². The first-order valence-corrected chi connectivity index (χ1v) is 10.5. The van der Waals surface area contributed by atoms with E-state index < -0.39 is 35.9 Å². The number of carbonyl (C=O) groups excluding carboxylic acids is 4. The maximum atomic E-state index is 12.7. The first-order chi connectivity index (χ1) is 16.5. The van der Waals surface area contributed by atoms with Gasteiger partial charge in [0.2, 0.25) is 11.9 Å². The van der Waals surface area contributed by atoms with Crippen LogP contribution in [0.25, 0.3) is 0 Å². The van der Waals surface area contributed by atoms with E-state index in [1.807, 2.05) is 0 Å². The quantitative estimate of drug-likeness (QED) is 0.394. The number of rotatable bonds is 7. The molecule has 0 radical (unpaired) electrons. The second-order valence-corrected chi connectivity index (χ2v) is 7.45. The highest BCUT2D eigenvalue weighted by molar-refractivity contribution is 6.02. The Labute approximate surface area is 195 Å². The van der Waals surface area contributed by atoms with E-state index >= 15 is 0 Å². The fourth-order valence-corrected chi connectivity index (χ4v) is 3.39. The summed E-state index contributed by atoms with van der Waals surface area (Å²) in [4.78, 5) is 50.3. The molecule has 0 aliphatic heterocycles. The molecular formula is C27H20O7. The summed E-state index contributed by atoms with van der Waals surface area (Å²) in [5, 5.41) is 0. The van der Waals surface area contributed by atoms with Gasteiger partial charge in [0.1, 0.15) is 6.61 Å². The van der Waals surface area contributed by atoms with Crippen molar-refractivity contribution < 1.29 is 33.4 Å². The van der Waals surface area contributed by atoms with Gasteiger partial charge in [0.05, 0.1) is 16.7 Å². The van der Waals surface area contributed by atoms with Gasteiger partial charge in [0, 0.05) is 5.57 Å². The van der Waals surface area contributed by atoms with E-state index in [9.17, 15) is 19.2 Å². The molecule has 0 saturated heterocycles. The van der Waals surface area contributed by atoms with Crippen LogP contribution in [0.4, 0.5) is 0 Å². The molecule has 4 rings (SSSR count). The van der Waals surface area contributed by atoms with Crippen LogP contribution in [0.2, 0.25) is 0 Å². The molecule has 0 saturated carbocycles. The minimum absolute atomic E-state index is 0.212. The molecule has 1 unspecified atom stereocenters. The van der Waals surface area contributed by atoms with Gasteiger partial charge in [-0.3, -0.25) is 4.79 Å². The third kappa shape index (κ3) is 5.27. The Morgan fingerprint density at radius 3 is 1.47 bits per heavy atom. The first kappa shape index (κ1) is 22.7. The molecule has 1 aliphatic carbocycles. The topological polar surface area (TPSA) is 96.0 Å². The molecule has 170 valence electrons. The van der Waals surface area contributed by atoms with Crippen molar-refractivity contribution in [1.29, 1.82) is 0 Å². The van der Waals surface area contributed by atoms with Gasteiger partial charge in [0.25, 0.3) is 0 Å². The Bertz CT molecular complexity index is 1220. The molecule has 7 heteroatoms. The van der Waals surface area contributed by atoms with E-state index in [-0.39, 0.29) is 23.3 Å². The monoisotopic (exact) mass is 456 g/mol. The predicted octanol–water partition coefficient (Wildman–Crippen LogP) is 3.80. The summed E-state index contributed by atoms with van der Waals surface area (Å²) in [7, 11) is 0. The van der Waals surface area contributed by atoms with Crippen LogP contribution in [0.5, 0.6) is 0 Å². The second kappa shape index (κ2) is 10.4. The summed E-state index contributed by atoms with van der Waals surface area (Å²) in [6.45, 7) is -0.314. The first-order valence-electron chi connectivity index (χ1n) is 10.5. The number of esters is 3. The number of benzene rings is 3. The van der Waals surface area contributed by atoms with Crippen LogP contribution in [-0.4, -0.2) is 42.5 Å². The van der Waals surface area contributed by atoms with Crippen molar-refractivity contribution in [3.05, 3.63) is 119 Å².